The molecule has 0 aromatic heterocycles. The summed E-state index contributed by atoms with van der Waals surface area (Å²) in [6.07, 6.45) is 0.995. The molecule has 1 N–H and O–H groups in total. The molecule has 0 saturated heterocycles. The predicted octanol–water partition coefficient (Wildman–Crippen LogP) is 3.27. The third-order valence-corrected chi connectivity index (χ3v) is 2.13. The van der Waals surface area contributed by atoms with E-state index in [-0.39, 0.29) is 12.4 Å². The van der Waals surface area contributed by atoms with Crippen molar-refractivity contribution in [2.75, 3.05) is 13.7 Å². The Balaban J connectivity index is 0.00000196. The lowest BCUT2D eigenvalue weighted by Crippen LogP contribution is -2.05. The molecule has 0 atom stereocenters. The topological polar surface area (TPSA) is 21.3 Å². The van der Waals surface area contributed by atoms with Crippen LogP contribution in [0, 0.1) is 0 Å². The largest absolute Gasteiger partial charge is 0.492 e. The first-order valence-corrected chi connectivity index (χ1v) is 5.21. The first kappa shape index (κ1) is 14.6. The predicted molar refractivity (Wildman–Crippen MR) is 67.2 cm³/mol. The van der Waals surface area contributed by atoms with Gasteiger partial charge in [-0.1, -0.05) is 24.6 Å². The minimum absolute atomic E-state index is 0. The van der Waals surface area contributed by atoms with Crippen LogP contribution < -0.4 is 10.1 Å². The van der Waals surface area contributed by atoms with Gasteiger partial charge in [-0.3, -0.25) is 0 Å². The minimum atomic E-state index is 0. The van der Waals surface area contributed by atoms with Crippen LogP contribution in [0.5, 0.6) is 5.75 Å². The SMILES string of the molecule is CCCOc1ccc(CNC)cc1Cl.Cl. The summed E-state index contributed by atoms with van der Waals surface area (Å²) in [6, 6.07) is 5.88. The van der Waals surface area contributed by atoms with Crippen LogP contribution in [0.15, 0.2) is 18.2 Å². The molecule has 0 heterocycles. The average molecular weight is 250 g/mol. The molecular weight excluding hydrogens is 233 g/mol. The van der Waals surface area contributed by atoms with Gasteiger partial charge in [-0.05, 0) is 31.2 Å². The van der Waals surface area contributed by atoms with E-state index in [0.717, 1.165) is 18.7 Å². The number of hydrogen-bond donors (Lipinski definition) is 1. The molecule has 0 aliphatic rings. The summed E-state index contributed by atoms with van der Waals surface area (Å²) in [6.45, 7) is 3.61. The van der Waals surface area contributed by atoms with E-state index in [1.807, 2.05) is 25.2 Å². The van der Waals surface area contributed by atoms with Gasteiger partial charge in [-0.2, -0.15) is 0 Å². The van der Waals surface area contributed by atoms with E-state index in [0.29, 0.717) is 11.6 Å². The second kappa shape index (κ2) is 7.80. The standard InChI is InChI=1S/C11H16ClNO.ClH/c1-3-6-14-11-5-4-9(8-13-2)7-10(11)12;/h4-5,7,13H,3,6,8H2,1-2H3;1H. The van der Waals surface area contributed by atoms with Crippen molar-refractivity contribution in [2.45, 2.75) is 19.9 Å². The molecule has 0 aliphatic carbocycles. The van der Waals surface area contributed by atoms with Crippen LogP contribution in [0.1, 0.15) is 18.9 Å². The number of halogens is 2. The monoisotopic (exact) mass is 249 g/mol. The molecule has 0 saturated carbocycles. The van der Waals surface area contributed by atoms with Gasteiger partial charge in [0, 0.05) is 6.54 Å². The zero-order valence-corrected chi connectivity index (χ0v) is 10.6. The highest BCUT2D eigenvalue weighted by Gasteiger charge is 2.01. The van der Waals surface area contributed by atoms with Crippen LogP contribution in [0.2, 0.25) is 5.02 Å². The molecule has 15 heavy (non-hydrogen) atoms. The van der Waals surface area contributed by atoms with Gasteiger partial charge >= 0.3 is 0 Å². The maximum Gasteiger partial charge on any atom is 0.137 e. The number of rotatable bonds is 5. The maximum absolute atomic E-state index is 6.05. The van der Waals surface area contributed by atoms with E-state index in [2.05, 4.69) is 12.2 Å². The molecule has 0 fully saturated rings. The summed E-state index contributed by atoms with van der Waals surface area (Å²) >= 11 is 6.05. The summed E-state index contributed by atoms with van der Waals surface area (Å²) in [4.78, 5) is 0. The number of hydrogen-bond acceptors (Lipinski definition) is 2. The molecule has 86 valence electrons. The van der Waals surface area contributed by atoms with E-state index in [9.17, 15) is 0 Å². The first-order chi connectivity index (χ1) is 6.77. The molecule has 4 heteroatoms. The summed E-state index contributed by atoms with van der Waals surface area (Å²) < 4.78 is 5.47. The van der Waals surface area contributed by atoms with E-state index in [1.54, 1.807) is 0 Å². The fraction of sp³-hybridized carbons (Fsp3) is 0.455. The zero-order chi connectivity index (χ0) is 10.4. The minimum Gasteiger partial charge on any atom is -0.492 e. The summed E-state index contributed by atoms with van der Waals surface area (Å²) in [7, 11) is 1.91. The molecule has 0 amide bonds. The maximum atomic E-state index is 6.05. The van der Waals surface area contributed by atoms with Gasteiger partial charge in [-0.15, -0.1) is 12.4 Å². The smallest absolute Gasteiger partial charge is 0.137 e. The van der Waals surface area contributed by atoms with Gasteiger partial charge in [-0.25, -0.2) is 0 Å². The normalized spacial score (nSPS) is 9.53. The molecule has 1 aromatic carbocycles. The van der Waals surface area contributed by atoms with Gasteiger partial charge in [0.15, 0.2) is 0 Å². The van der Waals surface area contributed by atoms with E-state index >= 15 is 0 Å². The van der Waals surface area contributed by atoms with Crippen molar-refractivity contribution in [1.29, 1.82) is 0 Å². The van der Waals surface area contributed by atoms with Crippen LogP contribution in [0.4, 0.5) is 0 Å². The Hall–Kier alpha value is -0.440. The van der Waals surface area contributed by atoms with E-state index in [4.69, 9.17) is 16.3 Å². The lowest BCUT2D eigenvalue weighted by molar-refractivity contribution is 0.317. The second-order valence-corrected chi connectivity index (χ2v) is 3.55. The molecule has 0 aliphatic heterocycles. The van der Waals surface area contributed by atoms with Crippen LogP contribution >= 0.6 is 24.0 Å². The Labute approximate surface area is 102 Å². The number of benzene rings is 1. The summed E-state index contributed by atoms with van der Waals surface area (Å²) in [5.41, 5.74) is 1.17. The number of nitrogens with one attached hydrogen (secondary N) is 1. The van der Waals surface area contributed by atoms with Crippen molar-refractivity contribution in [2.24, 2.45) is 0 Å². The quantitative estimate of drug-likeness (QED) is 0.865. The Morgan fingerprint density at radius 2 is 2.13 bits per heavy atom. The molecule has 1 rings (SSSR count). The highest BCUT2D eigenvalue weighted by Crippen LogP contribution is 2.25. The van der Waals surface area contributed by atoms with Gasteiger partial charge < -0.3 is 10.1 Å². The Bertz CT molecular complexity index is 292. The Morgan fingerprint density at radius 3 is 2.67 bits per heavy atom. The van der Waals surface area contributed by atoms with Crippen molar-refractivity contribution in [3.8, 4) is 5.75 Å². The Kier molecular flexibility index (Phi) is 7.57. The Morgan fingerprint density at radius 1 is 1.40 bits per heavy atom. The van der Waals surface area contributed by atoms with E-state index < -0.39 is 0 Å². The highest BCUT2D eigenvalue weighted by molar-refractivity contribution is 6.32. The van der Waals surface area contributed by atoms with Gasteiger partial charge in [0.2, 0.25) is 0 Å². The van der Waals surface area contributed by atoms with Gasteiger partial charge in [0.1, 0.15) is 5.75 Å². The fourth-order valence-corrected chi connectivity index (χ4v) is 1.45. The highest BCUT2D eigenvalue weighted by atomic mass is 35.5. The summed E-state index contributed by atoms with van der Waals surface area (Å²) in [5.74, 6) is 0.772. The lowest BCUT2D eigenvalue weighted by atomic mass is 10.2. The zero-order valence-electron chi connectivity index (χ0n) is 9.05. The van der Waals surface area contributed by atoms with Crippen LogP contribution in [0.25, 0.3) is 0 Å². The molecule has 1 aromatic rings. The number of ether oxygens (including phenoxy) is 1. The molecule has 0 unspecified atom stereocenters. The van der Waals surface area contributed by atoms with Gasteiger partial charge in [0.25, 0.3) is 0 Å². The first-order valence-electron chi connectivity index (χ1n) is 4.83. The molecular formula is C11H17Cl2NO. The summed E-state index contributed by atoms with van der Waals surface area (Å²) in [5, 5.41) is 3.76. The molecule has 2 nitrogen and oxygen atoms in total. The molecule has 0 radical (unpaired) electrons. The van der Waals surface area contributed by atoms with Crippen molar-refractivity contribution >= 4 is 24.0 Å². The van der Waals surface area contributed by atoms with Crippen molar-refractivity contribution in [3.05, 3.63) is 28.8 Å². The van der Waals surface area contributed by atoms with E-state index in [1.165, 1.54) is 5.56 Å². The van der Waals surface area contributed by atoms with Gasteiger partial charge in [0.05, 0.1) is 11.6 Å². The molecule has 0 spiro atoms. The van der Waals surface area contributed by atoms with Crippen LogP contribution in [-0.4, -0.2) is 13.7 Å². The lowest BCUT2D eigenvalue weighted by Gasteiger charge is -2.08. The van der Waals surface area contributed by atoms with Crippen LogP contribution in [0.3, 0.4) is 0 Å². The van der Waals surface area contributed by atoms with Crippen molar-refractivity contribution < 1.29 is 4.74 Å². The second-order valence-electron chi connectivity index (χ2n) is 3.14. The third kappa shape index (κ3) is 4.74. The fourth-order valence-electron chi connectivity index (χ4n) is 1.19. The van der Waals surface area contributed by atoms with Crippen molar-refractivity contribution in [1.82, 2.24) is 5.32 Å². The third-order valence-electron chi connectivity index (χ3n) is 1.84. The van der Waals surface area contributed by atoms with Crippen molar-refractivity contribution in [3.63, 3.8) is 0 Å². The molecule has 0 bridgehead atoms. The van der Waals surface area contributed by atoms with Crippen LogP contribution in [-0.2, 0) is 6.54 Å². The average Bonchev–Trinajstić information content (AvgIpc) is 2.17.